The highest BCUT2D eigenvalue weighted by atomic mass is 79.9. The molecule has 0 fully saturated rings. The Kier molecular flexibility index (Phi) is 2.67. The van der Waals surface area contributed by atoms with Crippen LogP contribution in [0.25, 0.3) is 22.6 Å². The molecule has 0 radical (unpaired) electrons. The third kappa shape index (κ3) is 1.82. The van der Waals surface area contributed by atoms with Gasteiger partial charge < -0.3 is 4.98 Å². The van der Waals surface area contributed by atoms with E-state index in [1.807, 2.05) is 25.1 Å². The summed E-state index contributed by atoms with van der Waals surface area (Å²) in [6, 6.07) is 8.08. The fraction of sp³-hybridized carbons (Fsp3) is 0.143. The molecule has 0 aliphatic heterocycles. The highest BCUT2D eigenvalue weighted by Gasteiger charge is 2.10. The molecule has 1 N–H and O–H groups in total. The topological polar surface area (TPSA) is 41.6 Å². The number of hydrogen-bond donors (Lipinski definition) is 1. The Morgan fingerprint density at radius 3 is 2.78 bits per heavy atom. The standard InChI is InChI=1S/C14H12BrN3/c1-8-4-3-5-16-13(8)14-17-11-7-10(15)6-9(2)12(11)18-14/h3-7H,1-2H3,(H,17,18). The second-order valence-corrected chi connectivity index (χ2v) is 5.29. The molecule has 0 atom stereocenters. The minimum Gasteiger partial charge on any atom is -0.337 e. The first kappa shape index (κ1) is 11.4. The number of rotatable bonds is 1. The first-order valence-electron chi connectivity index (χ1n) is 5.73. The number of aromatic nitrogens is 3. The third-order valence-electron chi connectivity index (χ3n) is 2.98. The quantitative estimate of drug-likeness (QED) is 0.738. The molecule has 4 heteroatoms. The molecule has 1 aromatic carbocycles. The Bertz CT molecular complexity index is 731. The molecule has 18 heavy (non-hydrogen) atoms. The van der Waals surface area contributed by atoms with Gasteiger partial charge in [0.15, 0.2) is 5.82 Å². The fourth-order valence-corrected chi connectivity index (χ4v) is 2.66. The molecule has 0 amide bonds. The molecule has 0 aliphatic carbocycles. The maximum Gasteiger partial charge on any atom is 0.157 e. The number of aryl methyl sites for hydroxylation is 2. The monoisotopic (exact) mass is 301 g/mol. The van der Waals surface area contributed by atoms with Gasteiger partial charge in [0.1, 0.15) is 5.69 Å². The van der Waals surface area contributed by atoms with Gasteiger partial charge in [0, 0.05) is 10.7 Å². The zero-order valence-electron chi connectivity index (χ0n) is 10.2. The van der Waals surface area contributed by atoms with Gasteiger partial charge in [0.05, 0.1) is 11.0 Å². The van der Waals surface area contributed by atoms with E-state index in [4.69, 9.17) is 0 Å². The van der Waals surface area contributed by atoms with Gasteiger partial charge in [-0.05, 0) is 43.2 Å². The second kappa shape index (κ2) is 4.21. The van der Waals surface area contributed by atoms with E-state index in [0.29, 0.717) is 0 Å². The summed E-state index contributed by atoms with van der Waals surface area (Å²) in [7, 11) is 0. The molecule has 0 saturated heterocycles. The Morgan fingerprint density at radius 2 is 2.00 bits per heavy atom. The molecule has 0 spiro atoms. The first-order chi connectivity index (χ1) is 8.65. The molecule has 2 aromatic heterocycles. The van der Waals surface area contributed by atoms with Crippen molar-refractivity contribution in [2.24, 2.45) is 0 Å². The first-order valence-corrected chi connectivity index (χ1v) is 6.52. The summed E-state index contributed by atoms with van der Waals surface area (Å²) in [5.41, 5.74) is 5.20. The van der Waals surface area contributed by atoms with Gasteiger partial charge in [0.25, 0.3) is 0 Å². The summed E-state index contributed by atoms with van der Waals surface area (Å²) in [5.74, 6) is 0.823. The highest BCUT2D eigenvalue weighted by Crippen LogP contribution is 2.26. The zero-order chi connectivity index (χ0) is 12.7. The zero-order valence-corrected chi connectivity index (χ0v) is 11.7. The van der Waals surface area contributed by atoms with Gasteiger partial charge in [-0.1, -0.05) is 22.0 Å². The minimum atomic E-state index is 0.823. The number of benzene rings is 1. The summed E-state index contributed by atoms with van der Waals surface area (Å²) in [6.45, 7) is 4.10. The molecule has 0 aliphatic rings. The summed E-state index contributed by atoms with van der Waals surface area (Å²) >= 11 is 3.50. The van der Waals surface area contributed by atoms with Crippen LogP contribution in [-0.2, 0) is 0 Å². The molecule has 3 nitrogen and oxygen atoms in total. The number of nitrogens with zero attached hydrogens (tertiary/aromatic N) is 2. The summed E-state index contributed by atoms with van der Waals surface area (Å²) in [4.78, 5) is 12.4. The van der Waals surface area contributed by atoms with Crippen LogP contribution >= 0.6 is 15.9 Å². The molecule has 0 bridgehead atoms. The second-order valence-electron chi connectivity index (χ2n) is 4.37. The van der Waals surface area contributed by atoms with Crippen LogP contribution in [-0.4, -0.2) is 15.0 Å². The summed E-state index contributed by atoms with van der Waals surface area (Å²) < 4.78 is 1.06. The van der Waals surface area contributed by atoms with Crippen molar-refractivity contribution in [1.82, 2.24) is 15.0 Å². The number of pyridine rings is 1. The van der Waals surface area contributed by atoms with Crippen LogP contribution in [0.2, 0.25) is 0 Å². The summed E-state index contributed by atoms with van der Waals surface area (Å²) in [5, 5.41) is 0. The average Bonchev–Trinajstić information content (AvgIpc) is 2.73. The van der Waals surface area contributed by atoms with E-state index < -0.39 is 0 Å². The van der Waals surface area contributed by atoms with Crippen molar-refractivity contribution in [1.29, 1.82) is 0 Å². The fourth-order valence-electron chi connectivity index (χ4n) is 2.09. The van der Waals surface area contributed by atoms with E-state index in [9.17, 15) is 0 Å². The predicted octanol–water partition coefficient (Wildman–Crippen LogP) is 4.00. The number of hydrogen-bond acceptors (Lipinski definition) is 2. The van der Waals surface area contributed by atoms with Crippen molar-refractivity contribution in [2.45, 2.75) is 13.8 Å². The maximum absolute atomic E-state index is 4.65. The van der Waals surface area contributed by atoms with E-state index in [0.717, 1.165) is 38.2 Å². The van der Waals surface area contributed by atoms with E-state index in [1.165, 1.54) is 0 Å². The van der Waals surface area contributed by atoms with Gasteiger partial charge in [-0.15, -0.1) is 0 Å². The van der Waals surface area contributed by atoms with Gasteiger partial charge in [-0.25, -0.2) is 4.98 Å². The van der Waals surface area contributed by atoms with Crippen LogP contribution in [0.5, 0.6) is 0 Å². The highest BCUT2D eigenvalue weighted by molar-refractivity contribution is 9.10. The smallest absolute Gasteiger partial charge is 0.157 e. The van der Waals surface area contributed by atoms with Crippen LogP contribution in [0, 0.1) is 13.8 Å². The van der Waals surface area contributed by atoms with Gasteiger partial charge >= 0.3 is 0 Å². The Hall–Kier alpha value is -1.68. The van der Waals surface area contributed by atoms with Gasteiger partial charge in [0.2, 0.25) is 0 Å². The van der Waals surface area contributed by atoms with Crippen molar-refractivity contribution in [2.75, 3.05) is 0 Å². The predicted molar refractivity (Wildman–Crippen MR) is 76.5 cm³/mol. The van der Waals surface area contributed by atoms with E-state index in [2.05, 4.69) is 43.9 Å². The van der Waals surface area contributed by atoms with Crippen LogP contribution in [0.3, 0.4) is 0 Å². The summed E-state index contributed by atoms with van der Waals surface area (Å²) in [6.07, 6.45) is 1.79. The van der Waals surface area contributed by atoms with Crippen molar-refractivity contribution in [3.8, 4) is 11.5 Å². The molecule has 0 unspecified atom stereocenters. The number of imidazole rings is 1. The molecule has 0 saturated carbocycles. The minimum absolute atomic E-state index is 0.823. The van der Waals surface area contributed by atoms with E-state index >= 15 is 0 Å². The molecule has 3 rings (SSSR count). The lowest BCUT2D eigenvalue weighted by Gasteiger charge is -1.98. The normalized spacial score (nSPS) is 11.1. The number of fused-ring (bicyclic) bond motifs is 1. The number of H-pyrrole nitrogens is 1. The lowest BCUT2D eigenvalue weighted by Crippen LogP contribution is -1.88. The van der Waals surface area contributed by atoms with E-state index in [-0.39, 0.29) is 0 Å². The Morgan fingerprint density at radius 1 is 1.17 bits per heavy atom. The lowest BCUT2D eigenvalue weighted by molar-refractivity contribution is 1.20. The van der Waals surface area contributed by atoms with Crippen molar-refractivity contribution < 1.29 is 0 Å². The molecule has 90 valence electrons. The van der Waals surface area contributed by atoms with Gasteiger partial charge in [-0.2, -0.15) is 0 Å². The van der Waals surface area contributed by atoms with Crippen molar-refractivity contribution in [3.63, 3.8) is 0 Å². The van der Waals surface area contributed by atoms with Crippen molar-refractivity contribution >= 4 is 27.0 Å². The molecule has 2 heterocycles. The lowest BCUT2D eigenvalue weighted by atomic mass is 10.2. The van der Waals surface area contributed by atoms with Crippen LogP contribution in [0.15, 0.2) is 34.9 Å². The Labute approximate surface area is 113 Å². The van der Waals surface area contributed by atoms with Crippen molar-refractivity contribution in [3.05, 3.63) is 46.1 Å². The molecular formula is C14H12BrN3. The number of aromatic amines is 1. The number of halogens is 1. The van der Waals surface area contributed by atoms with E-state index in [1.54, 1.807) is 6.20 Å². The SMILES string of the molecule is Cc1cccnc1-c1nc2c(C)cc(Br)cc2[nH]1. The maximum atomic E-state index is 4.65. The van der Waals surface area contributed by atoms with Crippen LogP contribution in [0.1, 0.15) is 11.1 Å². The molecular weight excluding hydrogens is 290 g/mol. The molecule has 3 aromatic rings. The largest absolute Gasteiger partial charge is 0.337 e. The Balaban J connectivity index is 2.26. The average molecular weight is 302 g/mol. The van der Waals surface area contributed by atoms with Gasteiger partial charge in [-0.3, -0.25) is 4.98 Å². The number of nitrogens with one attached hydrogen (secondary N) is 1. The van der Waals surface area contributed by atoms with Crippen LogP contribution < -0.4 is 0 Å². The third-order valence-corrected chi connectivity index (χ3v) is 3.43. The van der Waals surface area contributed by atoms with Crippen LogP contribution in [0.4, 0.5) is 0 Å².